The van der Waals surface area contributed by atoms with Crippen molar-refractivity contribution in [2.75, 3.05) is 13.1 Å². The van der Waals surface area contributed by atoms with Gasteiger partial charge in [0.15, 0.2) is 0 Å². The van der Waals surface area contributed by atoms with E-state index < -0.39 is 0 Å². The van der Waals surface area contributed by atoms with Crippen LogP contribution in [0.1, 0.15) is 18.4 Å². The van der Waals surface area contributed by atoms with Crippen LogP contribution in [0.3, 0.4) is 0 Å². The van der Waals surface area contributed by atoms with Crippen LogP contribution < -0.4 is 10.6 Å². The fraction of sp³-hybridized carbons (Fsp3) is 0.375. The zero-order valence-corrected chi connectivity index (χ0v) is 12.1. The van der Waals surface area contributed by atoms with Gasteiger partial charge in [-0.2, -0.15) is 0 Å². The Labute approximate surface area is 127 Å². The van der Waals surface area contributed by atoms with E-state index in [0.29, 0.717) is 18.7 Å². The summed E-state index contributed by atoms with van der Waals surface area (Å²) >= 11 is 0. The Kier molecular flexibility index (Phi) is 4.48. The monoisotopic (exact) mass is 303 g/mol. The van der Waals surface area contributed by atoms with Gasteiger partial charge in [0.05, 0.1) is 12.1 Å². The predicted octanol–water partition coefficient (Wildman–Crippen LogP) is 2.35. The Hall–Kier alpha value is -2.21. The molecule has 2 heterocycles. The third-order valence-corrected chi connectivity index (χ3v) is 3.77. The number of pyridine rings is 1. The molecular formula is C16H18FN3O2. The number of ether oxygens (including phenoxy) is 1. The standard InChI is InChI=1S/C16H18FN3O2/c17-14-5-6-15-12(4-2-8-19-15)13(14)10-18-7-1-3-11-9-20-16(21)22-11/h2,4-6,8,11,18H,1,3,7,9-10H2,(H,20,21)/t11-/m0/s1. The molecule has 1 aromatic heterocycles. The smallest absolute Gasteiger partial charge is 0.407 e. The van der Waals surface area contributed by atoms with Crippen molar-refractivity contribution in [3.05, 3.63) is 41.8 Å². The van der Waals surface area contributed by atoms with E-state index in [2.05, 4.69) is 15.6 Å². The molecule has 3 rings (SSSR count). The Bertz CT molecular complexity index is 677. The minimum Gasteiger partial charge on any atom is -0.444 e. The van der Waals surface area contributed by atoms with Crippen LogP contribution in [0.4, 0.5) is 9.18 Å². The number of amides is 1. The Morgan fingerprint density at radius 2 is 2.32 bits per heavy atom. The molecule has 1 fully saturated rings. The largest absolute Gasteiger partial charge is 0.444 e. The number of hydrogen-bond donors (Lipinski definition) is 2. The molecule has 0 spiro atoms. The van der Waals surface area contributed by atoms with E-state index in [1.807, 2.05) is 12.1 Å². The van der Waals surface area contributed by atoms with Gasteiger partial charge >= 0.3 is 6.09 Å². The maximum absolute atomic E-state index is 14.0. The van der Waals surface area contributed by atoms with Gasteiger partial charge in [0.2, 0.25) is 0 Å². The number of aromatic nitrogens is 1. The van der Waals surface area contributed by atoms with Crippen molar-refractivity contribution in [1.29, 1.82) is 0 Å². The summed E-state index contributed by atoms with van der Waals surface area (Å²) in [6, 6.07) is 6.84. The van der Waals surface area contributed by atoms with Gasteiger partial charge < -0.3 is 15.4 Å². The minimum absolute atomic E-state index is 0.0483. The molecule has 0 unspecified atom stereocenters. The van der Waals surface area contributed by atoms with Crippen molar-refractivity contribution in [1.82, 2.24) is 15.6 Å². The van der Waals surface area contributed by atoms with Crippen LogP contribution in [0.25, 0.3) is 10.9 Å². The van der Waals surface area contributed by atoms with Crippen LogP contribution >= 0.6 is 0 Å². The van der Waals surface area contributed by atoms with Crippen LogP contribution in [0, 0.1) is 5.82 Å². The maximum Gasteiger partial charge on any atom is 0.407 e. The van der Waals surface area contributed by atoms with E-state index >= 15 is 0 Å². The second kappa shape index (κ2) is 6.70. The molecule has 1 aliphatic heterocycles. The first-order valence-corrected chi connectivity index (χ1v) is 7.41. The van der Waals surface area contributed by atoms with Gasteiger partial charge in [0.1, 0.15) is 11.9 Å². The van der Waals surface area contributed by atoms with Crippen molar-refractivity contribution in [2.24, 2.45) is 0 Å². The SMILES string of the molecule is O=C1NC[C@H](CCCNCc2c(F)ccc3ncccc23)O1. The van der Waals surface area contributed by atoms with Gasteiger partial charge in [-0.1, -0.05) is 6.07 Å². The molecule has 1 aliphatic rings. The van der Waals surface area contributed by atoms with E-state index in [4.69, 9.17) is 4.74 Å². The van der Waals surface area contributed by atoms with Gasteiger partial charge in [0, 0.05) is 23.7 Å². The summed E-state index contributed by atoms with van der Waals surface area (Å²) in [5.41, 5.74) is 1.43. The van der Waals surface area contributed by atoms with E-state index in [-0.39, 0.29) is 18.0 Å². The van der Waals surface area contributed by atoms with Crippen LogP contribution in [0.15, 0.2) is 30.5 Å². The number of alkyl carbamates (subject to hydrolysis) is 1. The third kappa shape index (κ3) is 3.33. The lowest BCUT2D eigenvalue weighted by Gasteiger charge is -2.10. The summed E-state index contributed by atoms with van der Waals surface area (Å²) in [6.07, 6.45) is 2.97. The fourth-order valence-corrected chi connectivity index (χ4v) is 2.63. The topological polar surface area (TPSA) is 63.2 Å². The molecular weight excluding hydrogens is 285 g/mol. The number of carbonyl (C=O) groups excluding carboxylic acids is 1. The number of nitrogens with one attached hydrogen (secondary N) is 2. The molecule has 22 heavy (non-hydrogen) atoms. The summed E-state index contributed by atoms with van der Waals surface area (Å²) in [5, 5.41) is 6.70. The summed E-state index contributed by atoms with van der Waals surface area (Å²) in [5.74, 6) is -0.220. The molecule has 0 aliphatic carbocycles. The zero-order valence-electron chi connectivity index (χ0n) is 12.1. The number of hydrogen-bond acceptors (Lipinski definition) is 4. The second-order valence-corrected chi connectivity index (χ2v) is 5.32. The highest BCUT2D eigenvalue weighted by molar-refractivity contribution is 5.82. The molecule has 6 heteroatoms. The maximum atomic E-state index is 14.0. The van der Waals surface area contributed by atoms with Crippen molar-refractivity contribution in [3.8, 4) is 0 Å². The first kappa shape index (κ1) is 14.7. The van der Waals surface area contributed by atoms with E-state index in [9.17, 15) is 9.18 Å². The number of fused-ring (bicyclic) bond motifs is 1. The number of carbonyl (C=O) groups is 1. The van der Waals surface area contributed by atoms with Gasteiger partial charge in [-0.15, -0.1) is 0 Å². The number of nitrogens with zero attached hydrogens (tertiary/aromatic N) is 1. The molecule has 2 aromatic rings. The molecule has 2 N–H and O–H groups in total. The Morgan fingerprint density at radius 1 is 1.41 bits per heavy atom. The predicted molar refractivity (Wildman–Crippen MR) is 80.9 cm³/mol. The molecule has 1 atom stereocenters. The third-order valence-electron chi connectivity index (χ3n) is 3.77. The normalized spacial score (nSPS) is 17.5. The molecule has 0 saturated carbocycles. The summed E-state index contributed by atoms with van der Waals surface area (Å²) < 4.78 is 19.0. The van der Waals surface area contributed by atoms with Crippen LogP contribution in [-0.4, -0.2) is 30.3 Å². The van der Waals surface area contributed by atoms with Crippen LogP contribution in [0.5, 0.6) is 0 Å². The minimum atomic E-state index is -0.344. The molecule has 0 radical (unpaired) electrons. The number of benzene rings is 1. The molecule has 0 bridgehead atoms. The highest BCUT2D eigenvalue weighted by atomic mass is 19.1. The summed E-state index contributed by atoms with van der Waals surface area (Å²) in [7, 11) is 0. The molecule has 5 nitrogen and oxygen atoms in total. The summed E-state index contributed by atoms with van der Waals surface area (Å²) in [4.78, 5) is 15.1. The van der Waals surface area contributed by atoms with Gasteiger partial charge in [0.25, 0.3) is 0 Å². The van der Waals surface area contributed by atoms with Crippen LogP contribution in [0.2, 0.25) is 0 Å². The Balaban J connectivity index is 1.51. The van der Waals surface area contributed by atoms with Crippen molar-refractivity contribution in [3.63, 3.8) is 0 Å². The highest BCUT2D eigenvalue weighted by Crippen LogP contribution is 2.19. The van der Waals surface area contributed by atoms with E-state index in [1.165, 1.54) is 6.07 Å². The van der Waals surface area contributed by atoms with Crippen molar-refractivity contribution >= 4 is 17.0 Å². The lowest BCUT2D eigenvalue weighted by atomic mass is 10.1. The van der Waals surface area contributed by atoms with Crippen molar-refractivity contribution in [2.45, 2.75) is 25.5 Å². The first-order chi connectivity index (χ1) is 10.7. The van der Waals surface area contributed by atoms with Gasteiger partial charge in [-0.05, 0) is 37.6 Å². The van der Waals surface area contributed by atoms with Gasteiger partial charge in [-0.25, -0.2) is 9.18 Å². The van der Waals surface area contributed by atoms with Crippen molar-refractivity contribution < 1.29 is 13.9 Å². The average Bonchev–Trinajstić information content (AvgIpc) is 2.94. The van der Waals surface area contributed by atoms with E-state index in [0.717, 1.165) is 30.3 Å². The average molecular weight is 303 g/mol. The molecule has 1 aromatic carbocycles. The number of halogens is 1. The number of cyclic esters (lactones) is 1. The quantitative estimate of drug-likeness (QED) is 0.804. The zero-order chi connectivity index (χ0) is 15.4. The van der Waals surface area contributed by atoms with Gasteiger partial charge in [-0.3, -0.25) is 4.98 Å². The summed E-state index contributed by atoms with van der Waals surface area (Å²) in [6.45, 7) is 1.77. The first-order valence-electron chi connectivity index (χ1n) is 7.41. The van der Waals surface area contributed by atoms with Crippen LogP contribution in [-0.2, 0) is 11.3 Å². The second-order valence-electron chi connectivity index (χ2n) is 5.32. The number of rotatable bonds is 6. The molecule has 1 saturated heterocycles. The lowest BCUT2D eigenvalue weighted by Crippen LogP contribution is -2.19. The lowest BCUT2D eigenvalue weighted by molar-refractivity contribution is 0.134. The molecule has 116 valence electrons. The molecule has 1 amide bonds. The fourth-order valence-electron chi connectivity index (χ4n) is 2.63. The Morgan fingerprint density at radius 3 is 3.14 bits per heavy atom. The van der Waals surface area contributed by atoms with E-state index in [1.54, 1.807) is 12.3 Å². The highest BCUT2D eigenvalue weighted by Gasteiger charge is 2.21.